The Labute approximate surface area is 93.9 Å². The third kappa shape index (κ3) is 1.70. The molecule has 1 aliphatic rings. The smallest absolute Gasteiger partial charge is 0.136 e. The molecule has 2 N–H and O–H groups in total. The van der Waals surface area contributed by atoms with Crippen molar-refractivity contribution in [2.75, 3.05) is 13.1 Å². The highest BCUT2D eigenvalue weighted by Crippen LogP contribution is 2.20. The Morgan fingerprint density at radius 2 is 2.44 bits per heavy atom. The fraction of sp³-hybridized carbons (Fsp3) is 0.417. The van der Waals surface area contributed by atoms with Gasteiger partial charge in [0, 0.05) is 25.4 Å². The predicted molar refractivity (Wildman–Crippen MR) is 61.3 cm³/mol. The molecule has 2 aromatic heterocycles. The van der Waals surface area contributed by atoms with Gasteiger partial charge in [0.25, 0.3) is 0 Å². The van der Waals surface area contributed by atoms with Gasteiger partial charge in [0.15, 0.2) is 0 Å². The number of hydrogen-bond donors (Lipinski definition) is 2. The van der Waals surface area contributed by atoms with Crippen molar-refractivity contribution < 1.29 is 5.11 Å². The van der Waals surface area contributed by atoms with Crippen LogP contribution >= 0.6 is 0 Å². The number of nitrogens with one attached hydrogen (secondary N) is 1. The van der Waals surface area contributed by atoms with E-state index in [0.29, 0.717) is 13.0 Å². The van der Waals surface area contributed by atoms with Gasteiger partial charge in [0.1, 0.15) is 5.65 Å². The van der Waals surface area contributed by atoms with Crippen molar-refractivity contribution in [1.29, 1.82) is 0 Å². The summed E-state index contributed by atoms with van der Waals surface area (Å²) in [5, 5.41) is 13.4. The lowest BCUT2D eigenvalue weighted by atomic mass is 9.97. The third-order valence-corrected chi connectivity index (χ3v) is 3.15. The number of fused-ring (bicyclic) bond motifs is 1. The minimum Gasteiger partial charge on any atom is -0.388 e. The number of hydrogen-bond acceptors (Lipinski definition) is 3. The molecule has 3 rings (SSSR count). The van der Waals surface area contributed by atoms with E-state index in [2.05, 4.69) is 10.3 Å². The second kappa shape index (κ2) is 3.57. The van der Waals surface area contributed by atoms with Gasteiger partial charge in [-0.2, -0.15) is 0 Å². The van der Waals surface area contributed by atoms with Crippen molar-refractivity contribution in [2.24, 2.45) is 0 Å². The molecule has 0 radical (unpaired) electrons. The molecule has 0 spiro atoms. The minimum absolute atomic E-state index is 0.613. The molecular weight excluding hydrogens is 202 g/mol. The van der Waals surface area contributed by atoms with E-state index in [1.165, 1.54) is 0 Å². The van der Waals surface area contributed by atoms with Gasteiger partial charge >= 0.3 is 0 Å². The van der Waals surface area contributed by atoms with E-state index < -0.39 is 5.60 Å². The Morgan fingerprint density at radius 1 is 1.50 bits per heavy atom. The lowest BCUT2D eigenvalue weighted by Gasteiger charge is -2.19. The van der Waals surface area contributed by atoms with Gasteiger partial charge in [-0.15, -0.1) is 0 Å². The fourth-order valence-electron chi connectivity index (χ4n) is 2.29. The van der Waals surface area contributed by atoms with Crippen LogP contribution in [0.3, 0.4) is 0 Å². The van der Waals surface area contributed by atoms with Crippen LogP contribution in [0.15, 0.2) is 30.6 Å². The Kier molecular flexibility index (Phi) is 2.19. The van der Waals surface area contributed by atoms with E-state index in [1.807, 2.05) is 35.0 Å². The Bertz CT molecular complexity index is 467. The van der Waals surface area contributed by atoms with E-state index in [9.17, 15) is 5.11 Å². The second-order valence-corrected chi connectivity index (χ2v) is 4.53. The molecule has 0 aliphatic carbocycles. The van der Waals surface area contributed by atoms with Crippen LogP contribution in [0.2, 0.25) is 0 Å². The van der Waals surface area contributed by atoms with Gasteiger partial charge in [-0.3, -0.25) is 0 Å². The first-order valence-corrected chi connectivity index (χ1v) is 5.61. The molecule has 84 valence electrons. The molecule has 0 bridgehead atoms. The molecule has 0 saturated carbocycles. The molecule has 3 heterocycles. The Balaban J connectivity index is 1.89. The van der Waals surface area contributed by atoms with Crippen molar-refractivity contribution in [3.63, 3.8) is 0 Å². The lowest BCUT2D eigenvalue weighted by Crippen LogP contribution is -2.33. The number of β-amino-alcohol motifs (C(OH)–C–C–N with tert-alkyl or cyclic N) is 1. The molecule has 4 heteroatoms. The van der Waals surface area contributed by atoms with E-state index >= 15 is 0 Å². The number of rotatable bonds is 2. The van der Waals surface area contributed by atoms with Crippen LogP contribution in [0.5, 0.6) is 0 Å². The standard InChI is InChI=1S/C12H15N3O/c16-12(4-5-13-9-12)7-10-8-15-6-2-1-3-11(15)14-10/h1-3,6,8,13,16H,4-5,7,9H2. The first kappa shape index (κ1) is 9.81. The van der Waals surface area contributed by atoms with Crippen LogP contribution in [0.4, 0.5) is 0 Å². The van der Waals surface area contributed by atoms with Crippen molar-refractivity contribution >= 4 is 5.65 Å². The molecule has 1 atom stereocenters. The number of pyridine rings is 1. The van der Waals surface area contributed by atoms with E-state index in [0.717, 1.165) is 24.3 Å². The van der Waals surface area contributed by atoms with E-state index in [1.54, 1.807) is 0 Å². The average molecular weight is 217 g/mol. The molecule has 0 amide bonds. The summed E-state index contributed by atoms with van der Waals surface area (Å²) in [5.74, 6) is 0. The summed E-state index contributed by atoms with van der Waals surface area (Å²) in [6, 6.07) is 5.92. The molecule has 1 saturated heterocycles. The zero-order chi connectivity index (χ0) is 11.0. The number of nitrogens with zero attached hydrogens (tertiary/aromatic N) is 2. The van der Waals surface area contributed by atoms with Crippen LogP contribution in [-0.4, -0.2) is 33.2 Å². The van der Waals surface area contributed by atoms with Gasteiger partial charge in [0.2, 0.25) is 0 Å². The molecule has 0 aromatic carbocycles. The number of imidazole rings is 1. The quantitative estimate of drug-likeness (QED) is 0.774. The maximum atomic E-state index is 10.3. The summed E-state index contributed by atoms with van der Waals surface area (Å²) < 4.78 is 1.99. The maximum absolute atomic E-state index is 10.3. The van der Waals surface area contributed by atoms with E-state index in [4.69, 9.17) is 0 Å². The highest BCUT2D eigenvalue weighted by molar-refractivity contribution is 5.39. The minimum atomic E-state index is -0.613. The summed E-state index contributed by atoms with van der Waals surface area (Å²) in [5.41, 5.74) is 1.28. The van der Waals surface area contributed by atoms with Crippen molar-refractivity contribution in [3.8, 4) is 0 Å². The van der Waals surface area contributed by atoms with Crippen molar-refractivity contribution in [3.05, 3.63) is 36.3 Å². The van der Waals surface area contributed by atoms with Crippen LogP contribution in [0.1, 0.15) is 12.1 Å². The molecule has 4 nitrogen and oxygen atoms in total. The number of aliphatic hydroxyl groups is 1. The monoisotopic (exact) mass is 217 g/mol. The highest BCUT2D eigenvalue weighted by Gasteiger charge is 2.31. The van der Waals surface area contributed by atoms with Gasteiger partial charge in [-0.25, -0.2) is 4.98 Å². The van der Waals surface area contributed by atoms with Gasteiger partial charge in [0.05, 0.1) is 11.3 Å². The topological polar surface area (TPSA) is 49.6 Å². The zero-order valence-corrected chi connectivity index (χ0v) is 9.06. The Hall–Kier alpha value is -1.39. The lowest BCUT2D eigenvalue weighted by molar-refractivity contribution is 0.0610. The molecule has 1 aliphatic heterocycles. The summed E-state index contributed by atoms with van der Waals surface area (Å²) in [7, 11) is 0. The highest BCUT2D eigenvalue weighted by atomic mass is 16.3. The fourth-order valence-corrected chi connectivity index (χ4v) is 2.29. The predicted octanol–water partition coefficient (Wildman–Crippen LogP) is 0.601. The molecule has 16 heavy (non-hydrogen) atoms. The van der Waals surface area contributed by atoms with Crippen LogP contribution in [0, 0.1) is 0 Å². The Morgan fingerprint density at radius 3 is 3.19 bits per heavy atom. The van der Waals surface area contributed by atoms with Gasteiger partial charge in [-0.1, -0.05) is 6.07 Å². The first-order valence-electron chi connectivity index (χ1n) is 5.61. The summed E-state index contributed by atoms with van der Waals surface area (Å²) in [6.07, 6.45) is 5.40. The first-order chi connectivity index (χ1) is 7.75. The maximum Gasteiger partial charge on any atom is 0.136 e. The van der Waals surface area contributed by atoms with Crippen molar-refractivity contribution in [2.45, 2.75) is 18.4 Å². The molecular formula is C12H15N3O. The molecule has 1 fully saturated rings. The molecule has 1 unspecified atom stereocenters. The largest absolute Gasteiger partial charge is 0.388 e. The average Bonchev–Trinajstić information content (AvgIpc) is 2.84. The van der Waals surface area contributed by atoms with Gasteiger partial charge in [-0.05, 0) is 25.1 Å². The van der Waals surface area contributed by atoms with Crippen molar-refractivity contribution in [1.82, 2.24) is 14.7 Å². The third-order valence-electron chi connectivity index (χ3n) is 3.15. The summed E-state index contributed by atoms with van der Waals surface area (Å²) in [6.45, 7) is 1.56. The van der Waals surface area contributed by atoms with Crippen LogP contribution < -0.4 is 5.32 Å². The normalized spacial score (nSPS) is 25.3. The van der Waals surface area contributed by atoms with Crippen LogP contribution in [-0.2, 0) is 6.42 Å². The summed E-state index contributed by atoms with van der Waals surface area (Å²) in [4.78, 5) is 4.50. The van der Waals surface area contributed by atoms with E-state index in [-0.39, 0.29) is 0 Å². The molecule has 2 aromatic rings. The number of aromatic nitrogens is 2. The summed E-state index contributed by atoms with van der Waals surface area (Å²) >= 11 is 0. The SMILES string of the molecule is OC1(Cc2cn3ccccc3n2)CCNC1. The zero-order valence-electron chi connectivity index (χ0n) is 9.06. The second-order valence-electron chi connectivity index (χ2n) is 4.53. The van der Waals surface area contributed by atoms with Crippen LogP contribution in [0.25, 0.3) is 5.65 Å². The van der Waals surface area contributed by atoms with Gasteiger partial charge < -0.3 is 14.8 Å².